The average Bonchev–Trinajstić information content (AvgIpc) is 2.16. The van der Waals surface area contributed by atoms with Crippen molar-refractivity contribution in [3.05, 3.63) is 29.3 Å². The molecule has 0 heterocycles. The summed E-state index contributed by atoms with van der Waals surface area (Å²) < 4.78 is 24.6. The number of hydrogen-bond acceptors (Lipinski definition) is 5. The highest BCUT2D eigenvalue weighted by molar-refractivity contribution is 7.67. The van der Waals surface area contributed by atoms with Crippen LogP contribution in [0.2, 0.25) is 0 Å². The number of aliphatic hydroxyl groups is 1. The van der Waals surface area contributed by atoms with Crippen LogP contribution < -0.4 is 0 Å². The maximum Gasteiger partial charge on any atom is 0.257 e. The van der Waals surface area contributed by atoms with Gasteiger partial charge < -0.3 is 10.2 Å². The molecule has 78 valence electrons. The van der Waals surface area contributed by atoms with Gasteiger partial charge in [-0.3, -0.25) is 4.18 Å². The van der Waals surface area contributed by atoms with Crippen molar-refractivity contribution in [3.8, 4) is 5.75 Å². The molecular weight excluding hydrogens is 208 g/mol. The van der Waals surface area contributed by atoms with Gasteiger partial charge in [0.05, 0.1) is 13.2 Å². The van der Waals surface area contributed by atoms with E-state index in [0.29, 0.717) is 11.1 Å². The fourth-order valence-electron chi connectivity index (χ4n) is 0.983. The number of aromatic hydroxyl groups is 1. The summed E-state index contributed by atoms with van der Waals surface area (Å²) in [5.74, 6) is -0.0252. The Bertz CT molecular complexity index is 377. The SMILES string of the molecule is O=[SH](=O)OCc1ccc(O)c(CO)c1. The Kier molecular flexibility index (Phi) is 3.87. The first-order valence-corrected chi connectivity index (χ1v) is 4.92. The Morgan fingerprint density at radius 3 is 2.64 bits per heavy atom. The zero-order valence-corrected chi connectivity index (χ0v) is 8.11. The van der Waals surface area contributed by atoms with E-state index in [1.54, 1.807) is 0 Å². The minimum absolute atomic E-state index is 0.0252. The molecule has 1 rings (SSSR count). The highest BCUT2D eigenvalue weighted by Gasteiger charge is 2.01. The van der Waals surface area contributed by atoms with Gasteiger partial charge in [0.15, 0.2) is 0 Å². The fourth-order valence-corrected chi connectivity index (χ4v) is 1.24. The molecular formula is C8H10O5S. The maximum atomic E-state index is 10.1. The summed E-state index contributed by atoms with van der Waals surface area (Å²) >= 11 is 0. The van der Waals surface area contributed by atoms with Crippen LogP contribution in [0, 0.1) is 0 Å². The summed E-state index contributed by atoms with van der Waals surface area (Å²) in [6.45, 7) is -0.394. The van der Waals surface area contributed by atoms with Crippen LogP contribution in [0.4, 0.5) is 0 Å². The van der Waals surface area contributed by atoms with Gasteiger partial charge in [-0.05, 0) is 17.7 Å². The van der Waals surface area contributed by atoms with E-state index in [0.717, 1.165) is 0 Å². The van der Waals surface area contributed by atoms with Crippen LogP contribution in [0.15, 0.2) is 18.2 Å². The quantitative estimate of drug-likeness (QED) is 0.616. The molecule has 14 heavy (non-hydrogen) atoms. The summed E-state index contributed by atoms with van der Waals surface area (Å²) in [4.78, 5) is 0. The zero-order chi connectivity index (χ0) is 10.6. The van der Waals surface area contributed by atoms with Crippen LogP contribution in [0.5, 0.6) is 5.75 Å². The van der Waals surface area contributed by atoms with E-state index in [2.05, 4.69) is 4.18 Å². The van der Waals surface area contributed by atoms with Crippen molar-refractivity contribution in [2.75, 3.05) is 0 Å². The molecule has 0 atom stereocenters. The van der Waals surface area contributed by atoms with Gasteiger partial charge in [0, 0.05) is 5.56 Å². The monoisotopic (exact) mass is 218 g/mol. The minimum atomic E-state index is -2.87. The topological polar surface area (TPSA) is 83.8 Å². The molecule has 0 amide bonds. The average molecular weight is 218 g/mol. The van der Waals surface area contributed by atoms with Gasteiger partial charge in [0.25, 0.3) is 11.0 Å². The Balaban J connectivity index is 2.79. The zero-order valence-electron chi connectivity index (χ0n) is 7.21. The minimum Gasteiger partial charge on any atom is -0.508 e. The van der Waals surface area contributed by atoms with Crippen LogP contribution in [0.3, 0.4) is 0 Å². The van der Waals surface area contributed by atoms with Gasteiger partial charge in [0.2, 0.25) is 0 Å². The number of thiol groups is 1. The smallest absolute Gasteiger partial charge is 0.257 e. The van der Waals surface area contributed by atoms with Crippen LogP contribution in [0.1, 0.15) is 11.1 Å². The Morgan fingerprint density at radius 1 is 1.36 bits per heavy atom. The van der Waals surface area contributed by atoms with Gasteiger partial charge >= 0.3 is 0 Å². The van der Waals surface area contributed by atoms with Crippen molar-refractivity contribution in [1.82, 2.24) is 0 Å². The molecule has 0 unspecified atom stereocenters. The van der Waals surface area contributed by atoms with Gasteiger partial charge in [-0.1, -0.05) is 6.07 Å². The van der Waals surface area contributed by atoms with Gasteiger partial charge in [-0.25, -0.2) is 8.42 Å². The van der Waals surface area contributed by atoms with Crippen LogP contribution in [-0.2, 0) is 28.4 Å². The van der Waals surface area contributed by atoms with Crippen LogP contribution in [-0.4, -0.2) is 18.6 Å². The molecule has 1 aromatic carbocycles. The molecule has 0 radical (unpaired) electrons. The lowest BCUT2D eigenvalue weighted by Crippen LogP contribution is -1.93. The van der Waals surface area contributed by atoms with Crippen molar-refractivity contribution >= 4 is 11.0 Å². The van der Waals surface area contributed by atoms with E-state index in [4.69, 9.17) is 5.11 Å². The van der Waals surface area contributed by atoms with Crippen LogP contribution in [0.25, 0.3) is 0 Å². The molecule has 1 aromatic rings. The lowest BCUT2D eigenvalue weighted by Gasteiger charge is -2.03. The van der Waals surface area contributed by atoms with Gasteiger partial charge in [-0.15, -0.1) is 0 Å². The second kappa shape index (κ2) is 4.94. The van der Waals surface area contributed by atoms with Crippen molar-refractivity contribution < 1.29 is 22.8 Å². The number of phenols is 1. The van der Waals surface area contributed by atoms with Crippen molar-refractivity contribution in [2.45, 2.75) is 13.2 Å². The third kappa shape index (κ3) is 2.99. The molecule has 0 aliphatic carbocycles. The molecule has 0 aliphatic heterocycles. The Labute approximate surface area is 82.7 Å². The molecule has 0 saturated carbocycles. The molecule has 0 aromatic heterocycles. The molecule has 0 fully saturated rings. The first-order valence-electron chi connectivity index (χ1n) is 3.82. The lowest BCUT2D eigenvalue weighted by molar-refractivity contribution is 0.274. The highest BCUT2D eigenvalue weighted by atomic mass is 32.2. The predicted octanol–water partition coefficient (Wildman–Crippen LogP) is -0.0725. The third-order valence-corrected chi connectivity index (χ3v) is 1.99. The van der Waals surface area contributed by atoms with Gasteiger partial charge in [0.1, 0.15) is 5.75 Å². The Morgan fingerprint density at radius 2 is 2.07 bits per heavy atom. The summed E-state index contributed by atoms with van der Waals surface area (Å²) in [5, 5.41) is 18.0. The summed E-state index contributed by atoms with van der Waals surface area (Å²) in [5.41, 5.74) is 0.915. The van der Waals surface area contributed by atoms with E-state index in [1.807, 2.05) is 0 Å². The number of benzene rings is 1. The van der Waals surface area contributed by atoms with E-state index < -0.39 is 11.0 Å². The molecule has 5 nitrogen and oxygen atoms in total. The predicted molar refractivity (Wildman–Crippen MR) is 49.1 cm³/mol. The molecule has 0 spiro atoms. The van der Waals surface area contributed by atoms with E-state index in [9.17, 15) is 13.5 Å². The van der Waals surface area contributed by atoms with E-state index >= 15 is 0 Å². The number of rotatable bonds is 4. The summed E-state index contributed by atoms with van der Waals surface area (Å²) in [6, 6.07) is 4.38. The first kappa shape index (κ1) is 11.0. The number of hydrogen-bond donors (Lipinski definition) is 3. The second-order valence-corrected chi connectivity index (χ2v) is 3.32. The maximum absolute atomic E-state index is 10.1. The van der Waals surface area contributed by atoms with Crippen molar-refractivity contribution in [2.24, 2.45) is 0 Å². The summed E-state index contributed by atoms with van der Waals surface area (Å²) in [6.07, 6.45) is 0. The van der Waals surface area contributed by atoms with Crippen molar-refractivity contribution in [3.63, 3.8) is 0 Å². The molecule has 6 heteroatoms. The second-order valence-electron chi connectivity index (χ2n) is 2.62. The molecule has 0 aliphatic rings. The molecule has 0 saturated heterocycles. The standard InChI is InChI=1S/C8H10O5S/c9-4-7-3-6(1-2-8(7)10)5-13-14(11)12/h1-3,9-10,14H,4-5H2. The van der Waals surface area contributed by atoms with E-state index in [-0.39, 0.29) is 19.0 Å². The lowest BCUT2D eigenvalue weighted by atomic mass is 10.1. The third-order valence-electron chi connectivity index (χ3n) is 1.65. The van der Waals surface area contributed by atoms with Crippen LogP contribution >= 0.6 is 0 Å². The van der Waals surface area contributed by atoms with E-state index in [1.165, 1.54) is 18.2 Å². The van der Waals surface area contributed by atoms with Crippen molar-refractivity contribution in [1.29, 1.82) is 0 Å². The number of aliphatic hydroxyl groups excluding tert-OH is 1. The summed E-state index contributed by atoms with van der Waals surface area (Å²) in [7, 11) is -2.87. The highest BCUT2D eigenvalue weighted by Crippen LogP contribution is 2.18. The largest absolute Gasteiger partial charge is 0.508 e. The molecule has 0 bridgehead atoms. The first-order chi connectivity index (χ1) is 6.63. The fraction of sp³-hybridized carbons (Fsp3) is 0.250. The molecule has 2 N–H and O–H groups in total. The normalized spacial score (nSPS) is 10.7. The Hall–Kier alpha value is -1.11. The van der Waals surface area contributed by atoms with Gasteiger partial charge in [-0.2, -0.15) is 0 Å².